The maximum absolute atomic E-state index is 12.9. The van der Waals surface area contributed by atoms with Crippen molar-refractivity contribution in [1.29, 1.82) is 0 Å². The Hall–Kier alpha value is -3.27. The molecule has 0 aliphatic rings. The van der Waals surface area contributed by atoms with Gasteiger partial charge in [0.2, 0.25) is 5.75 Å². The summed E-state index contributed by atoms with van der Waals surface area (Å²) in [6.07, 6.45) is 0. The summed E-state index contributed by atoms with van der Waals surface area (Å²) in [6, 6.07) is 5.39. The van der Waals surface area contributed by atoms with Gasteiger partial charge in [-0.1, -0.05) is 12.1 Å². The molecule has 4 N–H and O–H groups in total. The average molecular weight is 364 g/mol. The van der Waals surface area contributed by atoms with E-state index in [1.807, 2.05) is 0 Å². The molecule has 9 nitrogen and oxygen atoms in total. The number of carbonyl (C=O) groups is 2. The van der Waals surface area contributed by atoms with E-state index in [1.54, 1.807) is 0 Å². The number of rotatable bonds is 7. The first-order valence-corrected chi connectivity index (χ1v) is 7.55. The molecule has 0 unspecified atom stereocenters. The number of nitrogens with one attached hydrogen (secondary N) is 3. The summed E-state index contributed by atoms with van der Waals surface area (Å²) in [6.45, 7) is 0.438. The van der Waals surface area contributed by atoms with E-state index in [9.17, 15) is 23.9 Å². The first-order chi connectivity index (χ1) is 12.4. The van der Waals surface area contributed by atoms with Gasteiger partial charge in [-0.05, 0) is 17.7 Å². The van der Waals surface area contributed by atoms with E-state index in [0.717, 1.165) is 0 Å². The molecule has 0 bridgehead atoms. The molecule has 26 heavy (non-hydrogen) atoms. The first kappa shape index (κ1) is 19.1. The second kappa shape index (κ2) is 8.72. The molecular weight excluding hydrogens is 347 g/mol. The van der Waals surface area contributed by atoms with Gasteiger partial charge in [-0.25, -0.2) is 9.37 Å². The summed E-state index contributed by atoms with van der Waals surface area (Å²) in [5.41, 5.74) is -1.02. The van der Waals surface area contributed by atoms with Crippen LogP contribution in [0.25, 0.3) is 0 Å². The normalized spacial score (nSPS) is 10.4. The molecule has 0 atom stereocenters. The summed E-state index contributed by atoms with van der Waals surface area (Å²) in [4.78, 5) is 41.6. The molecule has 0 aliphatic carbocycles. The third-order valence-corrected chi connectivity index (χ3v) is 3.28. The van der Waals surface area contributed by atoms with E-state index in [2.05, 4.69) is 20.6 Å². The monoisotopic (exact) mass is 364 g/mol. The molecule has 2 rings (SSSR count). The number of amides is 2. The number of aromatic nitrogens is 2. The fourth-order valence-corrected chi connectivity index (χ4v) is 1.95. The number of hydrogen-bond donors (Lipinski definition) is 4. The lowest BCUT2D eigenvalue weighted by Crippen LogP contribution is -2.33. The van der Waals surface area contributed by atoms with Gasteiger partial charge < -0.3 is 20.5 Å². The minimum Gasteiger partial charge on any atom is -0.501 e. The Morgan fingerprint density at radius 2 is 1.92 bits per heavy atom. The van der Waals surface area contributed by atoms with Crippen molar-refractivity contribution in [2.24, 2.45) is 0 Å². The number of H-pyrrole nitrogens is 1. The highest BCUT2D eigenvalue weighted by Gasteiger charge is 2.20. The molecule has 138 valence electrons. The van der Waals surface area contributed by atoms with Crippen LogP contribution in [0.4, 0.5) is 4.39 Å². The van der Waals surface area contributed by atoms with E-state index in [1.165, 1.54) is 31.4 Å². The van der Waals surface area contributed by atoms with Gasteiger partial charge in [-0.3, -0.25) is 19.4 Å². The minimum absolute atomic E-state index is 0.0163. The number of halogens is 1. The number of aromatic hydroxyl groups is 1. The maximum Gasteiger partial charge on any atom is 0.294 e. The number of benzene rings is 1. The van der Waals surface area contributed by atoms with Crippen LogP contribution in [0, 0.1) is 5.82 Å². The molecule has 2 amide bonds. The van der Waals surface area contributed by atoms with Crippen LogP contribution >= 0.6 is 0 Å². The number of hydrogen-bond acceptors (Lipinski definition) is 6. The molecular formula is C16H17FN4O5. The number of ether oxygens (including phenoxy) is 1. The smallest absolute Gasteiger partial charge is 0.294 e. The standard InChI is InChI=1S/C16H17FN4O5/c1-26-7-6-18-16(25)13-20-11(12(22)15(24)21-13)14(23)19-8-9-2-4-10(17)5-3-9/h2-5,22H,6-8H2,1H3,(H,18,25)(H,19,23)(H,20,21,24). The van der Waals surface area contributed by atoms with Gasteiger partial charge in [0, 0.05) is 20.2 Å². The van der Waals surface area contributed by atoms with Gasteiger partial charge in [0.15, 0.2) is 11.5 Å². The molecule has 1 aromatic carbocycles. The quantitative estimate of drug-likeness (QED) is 0.508. The van der Waals surface area contributed by atoms with Gasteiger partial charge in [0.25, 0.3) is 17.4 Å². The Morgan fingerprint density at radius 3 is 2.58 bits per heavy atom. The Morgan fingerprint density at radius 1 is 1.23 bits per heavy atom. The van der Waals surface area contributed by atoms with Crippen molar-refractivity contribution < 1.29 is 23.8 Å². The lowest BCUT2D eigenvalue weighted by molar-refractivity contribution is 0.0924. The van der Waals surface area contributed by atoms with Crippen molar-refractivity contribution in [3.8, 4) is 5.75 Å². The van der Waals surface area contributed by atoms with Crippen molar-refractivity contribution in [2.75, 3.05) is 20.3 Å². The molecule has 0 spiro atoms. The zero-order valence-electron chi connectivity index (χ0n) is 13.8. The zero-order valence-corrected chi connectivity index (χ0v) is 13.8. The number of carbonyl (C=O) groups excluding carboxylic acids is 2. The SMILES string of the molecule is COCCNC(=O)c1nc(C(=O)NCc2ccc(F)cc2)c(O)c(=O)[nH]1. The summed E-state index contributed by atoms with van der Waals surface area (Å²) in [7, 11) is 1.45. The Labute approximate surface area is 147 Å². The van der Waals surface area contributed by atoms with E-state index < -0.39 is 40.5 Å². The van der Waals surface area contributed by atoms with Gasteiger partial charge >= 0.3 is 0 Å². The second-order valence-electron chi connectivity index (χ2n) is 5.17. The fourth-order valence-electron chi connectivity index (χ4n) is 1.95. The van der Waals surface area contributed by atoms with Crippen LogP contribution in [0.2, 0.25) is 0 Å². The van der Waals surface area contributed by atoms with Gasteiger partial charge in [-0.2, -0.15) is 0 Å². The molecule has 0 aliphatic heterocycles. The predicted octanol–water partition coefficient (Wildman–Crippen LogP) is -0.0792. The summed E-state index contributed by atoms with van der Waals surface area (Å²) in [5.74, 6) is -3.33. The van der Waals surface area contributed by atoms with Gasteiger partial charge in [-0.15, -0.1) is 0 Å². The highest BCUT2D eigenvalue weighted by molar-refractivity contribution is 5.97. The largest absolute Gasteiger partial charge is 0.501 e. The van der Waals surface area contributed by atoms with Crippen LogP contribution in [0.1, 0.15) is 26.7 Å². The molecule has 1 heterocycles. The number of aromatic amines is 1. The van der Waals surface area contributed by atoms with Crippen LogP contribution in [-0.2, 0) is 11.3 Å². The summed E-state index contributed by atoms with van der Waals surface area (Å²) < 4.78 is 17.6. The van der Waals surface area contributed by atoms with Crippen LogP contribution in [0.3, 0.4) is 0 Å². The number of methoxy groups -OCH3 is 1. The lowest BCUT2D eigenvalue weighted by Gasteiger charge is -2.08. The van der Waals surface area contributed by atoms with E-state index >= 15 is 0 Å². The van der Waals surface area contributed by atoms with Crippen LogP contribution in [-0.4, -0.2) is 47.2 Å². The Bertz CT molecular complexity index is 851. The third kappa shape index (κ3) is 4.86. The molecule has 1 aromatic heterocycles. The first-order valence-electron chi connectivity index (χ1n) is 7.55. The Kier molecular flexibility index (Phi) is 6.39. The van der Waals surface area contributed by atoms with Crippen molar-refractivity contribution >= 4 is 11.8 Å². The fraction of sp³-hybridized carbons (Fsp3) is 0.250. The lowest BCUT2D eigenvalue weighted by atomic mass is 10.2. The molecule has 0 fully saturated rings. The van der Waals surface area contributed by atoms with Crippen molar-refractivity contribution in [3.63, 3.8) is 0 Å². The topological polar surface area (TPSA) is 133 Å². The van der Waals surface area contributed by atoms with Crippen molar-refractivity contribution in [2.45, 2.75) is 6.54 Å². The summed E-state index contributed by atoms with van der Waals surface area (Å²) in [5, 5.41) is 14.6. The molecule has 10 heteroatoms. The van der Waals surface area contributed by atoms with Crippen LogP contribution < -0.4 is 16.2 Å². The maximum atomic E-state index is 12.9. The second-order valence-corrected chi connectivity index (χ2v) is 5.17. The van der Waals surface area contributed by atoms with Crippen LogP contribution in [0.15, 0.2) is 29.1 Å². The predicted molar refractivity (Wildman–Crippen MR) is 88.3 cm³/mol. The zero-order chi connectivity index (χ0) is 19.1. The van der Waals surface area contributed by atoms with Crippen molar-refractivity contribution in [1.82, 2.24) is 20.6 Å². The van der Waals surface area contributed by atoms with E-state index in [0.29, 0.717) is 5.56 Å². The third-order valence-electron chi connectivity index (χ3n) is 3.28. The van der Waals surface area contributed by atoms with Gasteiger partial charge in [0.1, 0.15) is 5.82 Å². The van der Waals surface area contributed by atoms with E-state index in [-0.39, 0.29) is 19.7 Å². The minimum atomic E-state index is -1.02. The highest BCUT2D eigenvalue weighted by atomic mass is 19.1. The molecule has 0 radical (unpaired) electrons. The van der Waals surface area contributed by atoms with E-state index in [4.69, 9.17) is 4.74 Å². The Balaban J connectivity index is 2.13. The summed E-state index contributed by atoms with van der Waals surface area (Å²) >= 11 is 0. The molecule has 2 aromatic rings. The average Bonchev–Trinajstić information content (AvgIpc) is 2.63. The van der Waals surface area contributed by atoms with Crippen LogP contribution in [0.5, 0.6) is 5.75 Å². The number of nitrogens with zero attached hydrogens (tertiary/aromatic N) is 1. The van der Waals surface area contributed by atoms with Gasteiger partial charge in [0.05, 0.1) is 6.61 Å². The molecule has 0 saturated heterocycles. The highest BCUT2D eigenvalue weighted by Crippen LogP contribution is 2.09. The molecule has 0 saturated carbocycles. The van der Waals surface area contributed by atoms with Crippen molar-refractivity contribution in [3.05, 3.63) is 57.5 Å².